The summed E-state index contributed by atoms with van der Waals surface area (Å²) in [6.45, 7) is 0.303. The van der Waals surface area contributed by atoms with Gasteiger partial charge in [-0.2, -0.15) is 0 Å². The topological polar surface area (TPSA) is 40.6 Å². The lowest BCUT2D eigenvalue weighted by atomic mass is 10.2. The van der Waals surface area contributed by atoms with Crippen molar-refractivity contribution in [3.8, 4) is 0 Å². The molecule has 0 aromatic heterocycles. The molecule has 1 aromatic carbocycles. The lowest BCUT2D eigenvalue weighted by Crippen LogP contribution is -2.51. The number of anilines is 1. The van der Waals surface area contributed by atoms with E-state index in [2.05, 4.69) is 0 Å². The van der Waals surface area contributed by atoms with Crippen LogP contribution in [0.15, 0.2) is 18.2 Å². The van der Waals surface area contributed by atoms with Gasteiger partial charge in [-0.15, -0.1) is 0 Å². The largest absolute Gasteiger partial charge is 0.331 e. The maximum Gasteiger partial charge on any atom is 0.331 e. The second kappa shape index (κ2) is 4.12. The van der Waals surface area contributed by atoms with Gasteiger partial charge in [0, 0.05) is 26.1 Å². The highest BCUT2D eigenvalue weighted by atomic mass is 19.1. The van der Waals surface area contributed by atoms with E-state index in [0.29, 0.717) is 12.6 Å². The van der Waals surface area contributed by atoms with E-state index in [0.717, 1.165) is 17.0 Å². The lowest BCUT2D eigenvalue weighted by Gasteiger charge is -2.31. The highest BCUT2D eigenvalue weighted by Crippen LogP contribution is 2.24. The molecule has 6 heteroatoms. The van der Waals surface area contributed by atoms with Crippen molar-refractivity contribution in [1.82, 2.24) is 4.90 Å². The van der Waals surface area contributed by atoms with Crippen LogP contribution in [0.5, 0.6) is 0 Å². The van der Waals surface area contributed by atoms with Crippen LogP contribution in [0.3, 0.4) is 0 Å². The van der Waals surface area contributed by atoms with Gasteiger partial charge in [0.1, 0.15) is 11.6 Å². The normalized spacial score (nSPS) is 16.6. The summed E-state index contributed by atoms with van der Waals surface area (Å²) < 4.78 is 26.3. The lowest BCUT2D eigenvalue weighted by molar-refractivity contribution is -0.119. The molecule has 1 aromatic rings. The van der Waals surface area contributed by atoms with E-state index >= 15 is 0 Å². The number of carbonyl (C=O) groups is 2. The van der Waals surface area contributed by atoms with Crippen LogP contribution in [0.1, 0.15) is 6.42 Å². The third-order valence-corrected chi connectivity index (χ3v) is 2.58. The van der Waals surface area contributed by atoms with E-state index < -0.39 is 23.6 Å². The van der Waals surface area contributed by atoms with Crippen molar-refractivity contribution in [2.45, 2.75) is 6.42 Å². The molecule has 0 radical (unpaired) electrons. The number of amides is 3. The molecule has 0 N–H and O–H groups in total. The Morgan fingerprint density at radius 2 is 1.94 bits per heavy atom. The average molecular weight is 240 g/mol. The van der Waals surface area contributed by atoms with Crippen LogP contribution in [0, 0.1) is 11.6 Å². The standard InChI is InChI=1S/C11H10F2N2O2/c1-14-5-4-10(16)15(11(14)17)9-3-2-7(12)6-8(9)13/h2-3,6H,4-5H2,1H3. The summed E-state index contributed by atoms with van der Waals surface area (Å²) in [5.74, 6) is -2.17. The predicted octanol–water partition coefficient (Wildman–Crippen LogP) is 1.75. The summed E-state index contributed by atoms with van der Waals surface area (Å²) in [5, 5.41) is 0. The summed E-state index contributed by atoms with van der Waals surface area (Å²) in [6, 6.07) is 2.13. The first-order chi connectivity index (χ1) is 8.00. The van der Waals surface area contributed by atoms with Crippen molar-refractivity contribution >= 4 is 17.6 Å². The fourth-order valence-electron chi connectivity index (χ4n) is 1.65. The van der Waals surface area contributed by atoms with Crippen LogP contribution < -0.4 is 4.90 Å². The summed E-state index contributed by atoms with van der Waals surface area (Å²) in [5.41, 5.74) is -0.215. The number of nitrogens with zero attached hydrogens (tertiary/aromatic N) is 2. The molecule has 0 bridgehead atoms. The van der Waals surface area contributed by atoms with E-state index in [-0.39, 0.29) is 12.1 Å². The van der Waals surface area contributed by atoms with Crippen LogP contribution in [-0.4, -0.2) is 30.4 Å². The first kappa shape index (κ1) is 11.5. The molecule has 1 saturated heterocycles. The number of hydrogen-bond donors (Lipinski definition) is 0. The zero-order chi connectivity index (χ0) is 12.6. The number of carbonyl (C=O) groups excluding carboxylic acids is 2. The molecule has 0 spiro atoms. The van der Waals surface area contributed by atoms with Crippen molar-refractivity contribution in [1.29, 1.82) is 0 Å². The van der Waals surface area contributed by atoms with Gasteiger partial charge >= 0.3 is 6.03 Å². The van der Waals surface area contributed by atoms with Crippen molar-refractivity contribution in [3.05, 3.63) is 29.8 Å². The zero-order valence-electron chi connectivity index (χ0n) is 9.11. The van der Waals surface area contributed by atoms with E-state index in [1.54, 1.807) is 0 Å². The monoisotopic (exact) mass is 240 g/mol. The molecule has 90 valence electrons. The number of hydrogen-bond acceptors (Lipinski definition) is 2. The molecule has 0 unspecified atom stereocenters. The van der Waals surface area contributed by atoms with Crippen LogP contribution in [0.25, 0.3) is 0 Å². The average Bonchev–Trinajstić information content (AvgIpc) is 2.27. The van der Waals surface area contributed by atoms with Gasteiger partial charge in [0.2, 0.25) is 5.91 Å². The van der Waals surface area contributed by atoms with Gasteiger partial charge in [-0.3, -0.25) is 4.79 Å². The molecular weight excluding hydrogens is 230 g/mol. The fourth-order valence-corrected chi connectivity index (χ4v) is 1.65. The molecule has 1 fully saturated rings. The van der Waals surface area contributed by atoms with E-state index in [9.17, 15) is 18.4 Å². The highest BCUT2D eigenvalue weighted by Gasteiger charge is 2.32. The third kappa shape index (κ3) is 1.98. The van der Waals surface area contributed by atoms with Crippen molar-refractivity contribution in [3.63, 3.8) is 0 Å². The van der Waals surface area contributed by atoms with Crippen molar-refractivity contribution < 1.29 is 18.4 Å². The Morgan fingerprint density at radius 3 is 2.59 bits per heavy atom. The molecule has 4 nitrogen and oxygen atoms in total. The van der Waals surface area contributed by atoms with Gasteiger partial charge in [-0.1, -0.05) is 0 Å². The minimum atomic E-state index is -0.929. The minimum Gasteiger partial charge on any atom is -0.327 e. The number of benzene rings is 1. The number of urea groups is 1. The Kier molecular flexibility index (Phi) is 2.79. The molecule has 1 aliphatic rings. The molecule has 2 rings (SSSR count). The molecule has 3 amide bonds. The summed E-state index contributed by atoms with van der Waals surface area (Å²) in [7, 11) is 1.52. The van der Waals surface area contributed by atoms with Crippen LogP contribution in [0.2, 0.25) is 0 Å². The minimum absolute atomic E-state index is 0.124. The Morgan fingerprint density at radius 1 is 1.24 bits per heavy atom. The number of rotatable bonds is 1. The maximum atomic E-state index is 13.5. The Hall–Kier alpha value is -1.98. The van der Waals surface area contributed by atoms with Crippen molar-refractivity contribution in [2.75, 3.05) is 18.5 Å². The maximum absolute atomic E-state index is 13.5. The smallest absolute Gasteiger partial charge is 0.327 e. The number of halogens is 2. The second-order valence-corrected chi connectivity index (χ2v) is 3.78. The van der Waals surface area contributed by atoms with Gasteiger partial charge in [-0.05, 0) is 12.1 Å². The van der Waals surface area contributed by atoms with Gasteiger partial charge in [0.25, 0.3) is 0 Å². The molecule has 1 heterocycles. The first-order valence-electron chi connectivity index (χ1n) is 5.04. The summed E-state index contributed by atoms with van der Waals surface area (Å²) in [6.07, 6.45) is 0.124. The second-order valence-electron chi connectivity index (χ2n) is 3.78. The Labute approximate surface area is 96.4 Å². The van der Waals surface area contributed by atoms with Gasteiger partial charge < -0.3 is 4.90 Å². The molecule has 1 aliphatic heterocycles. The van der Waals surface area contributed by atoms with E-state index in [1.807, 2.05) is 0 Å². The first-order valence-corrected chi connectivity index (χ1v) is 5.04. The molecule has 0 saturated carbocycles. The van der Waals surface area contributed by atoms with Gasteiger partial charge in [0.05, 0.1) is 5.69 Å². The van der Waals surface area contributed by atoms with Crippen LogP contribution in [-0.2, 0) is 4.79 Å². The quantitative estimate of drug-likeness (QED) is 0.750. The summed E-state index contributed by atoms with van der Waals surface area (Å²) in [4.78, 5) is 25.4. The molecule has 17 heavy (non-hydrogen) atoms. The number of imide groups is 1. The van der Waals surface area contributed by atoms with Gasteiger partial charge in [0.15, 0.2) is 0 Å². The Bertz CT molecular complexity index is 490. The highest BCUT2D eigenvalue weighted by molar-refractivity contribution is 6.15. The van der Waals surface area contributed by atoms with Crippen LogP contribution in [0.4, 0.5) is 19.3 Å². The Balaban J connectivity index is 2.43. The predicted molar refractivity (Wildman–Crippen MR) is 56.5 cm³/mol. The van der Waals surface area contributed by atoms with Gasteiger partial charge in [-0.25, -0.2) is 18.5 Å². The van der Waals surface area contributed by atoms with E-state index in [1.165, 1.54) is 11.9 Å². The third-order valence-electron chi connectivity index (χ3n) is 2.58. The molecule has 0 aliphatic carbocycles. The summed E-state index contributed by atoms with van der Waals surface area (Å²) >= 11 is 0. The fraction of sp³-hybridized carbons (Fsp3) is 0.273. The zero-order valence-corrected chi connectivity index (χ0v) is 9.11. The van der Waals surface area contributed by atoms with Crippen LogP contribution >= 0.6 is 0 Å². The molecule has 0 atom stereocenters. The van der Waals surface area contributed by atoms with Crippen molar-refractivity contribution in [2.24, 2.45) is 0 Å². The van der Waals surface area contributed by atoms with E-state index in [4.69, 9.17) is 0 Å². The SMILES string of the molecule is CN1CCC(=O)N(c2ccc(F)cc2F)C1=O. The molecular formula is C11H10F2N2O2.